The lowest BCUT2D eigenvalue weighted by molar-refractivity contribution is 0.522. The van der Waals surface area contributed by atoms with Crippen molar-refractivity contribution >= 4 is 5.82 Å². The van der Waals surface area contributed by atoms with E-state index in [1.165, 1.54) is 10.6 Å². The van der Waals surface area contributed by atoms with Crippen LogP contribution in [0.15, 0.2) is 46.0 Å². The Morgan fingerprint density at radius 1 is 1.28 bits per heavy atom. The number of hydrogen-bond acceptors (Lipinski definition) is 3. The molecule has 2 rings (SSSR count). The number of aromatic nitrogens is 2. The predicted molar refractivity (Wildman–Crippen MR) is 70.6 cm³/mol. The Bertz CT molecular complexity index is 643. The average Bonchev–Trinajstić information content (AvgIpc) is 2.28. The number of benzene rings is 1. The van der Waals surface area contributed by atoms with Crippen molar-refractivity contribution in [3.05, 3.63) is 62.8 Å². The van der Waals surface area contributed by atoms with Gasteiger partial charge in [0.1, 0.15) is 5.82 Å². The van der Waals surface area contributed by atoms with E-state index in [1.54, 1.807) is 0 Å². The van der Waals surface area contributed by atoms with Gasteiger partial charge < -0.3 is 5.73 Å². The highest BCUT2D eigenvalue weighted by Gasteiger charge is 2.11. The molecule has 5 nitrogen and oxygen atoms in total. The summed E-state index contributed by atoms with van der Waals surface area (Å²) in [6.07, 6.45) is 0.678. The van der Waals surface area contributed by atoms with E-state index in [0.717, 1.165) is 5.56 Å². The van der Waals surface area contributed by atoms with Gasteiger partial charge in [-0.1, -0.05) is 30.3 Å². The molecular formula is C13H15N3O2. The highest BCUT2D eigenvalue weighted by molar-refractivity contribution is 5.27. The number of nitrogen functional groups attached to an aromatic ring is 1. The summed E-state index contributed by atoms with van der Waals surface area (Å²) in [4.78, 5) is 25.0. The zero-order valence-corrected chi connectivity index (χ0v) is 10.1. The fourth-order valence-corrected chi connectivity index (χ4v) is 2.02. The van der Waals surface area contributed by atoms with Gasteiger partial charge in [-0.25, -0.2) is 4.79 Å². The Hall–Kier alpha value is -2.30. The van der Waals surface area contributed by atoms with Crippen molar-refractivity contribution in [2.75, 3.05) is 5.73 Å². The number of nitrogens with two attached hydrogens (primary N) is 1. The lowest BCUT2D eigenvalue weighted by atomic mass is 10.1. The van der Waals surface area contributed by atoms with Crippen molar-refractivity contribution in [1.82, 2.24) is 9.55 Å². The van der Waals surface area contributed by atoms with Crippen molar-refractivity contribution in [1.29, 1.82) is 0 Å². The maximum Gasteiger partial charge on any atom is 0.330 e. The summed E-state index contributed by atoms with van der Waals surface area (Å²) in [5.74, 6) is 0.187. The van der Waals surface area contributed by atoms with E-state index in [0.29, 0.717) is 6.42 Å². The first-order chi connectivity index (χ1) is 8.58. The van der Waals surface area contributed by atoms with Crippen LogP contribution < -0.4 is 17.0 Å². The van der Waals surface area contributed by atoms with E-state index in [-0.39, 0.29) is 11.9 Å². The third-order valence-corrected chi connectivity index (χ3v) is 2.82. The number of aromatic amines is 1. The van der Waals surface area contributed by atoms with E-state index < -0.39 is 11.2 Å². The second kappa shape index (κ2) is 4.91. The van der Waals surface area contributed by atoms with Crippen LogP contribution in [0.3, 0.4) is 0 Å². The minimum atomic E-state index is -0.472. The SMILES string of the molecule is CC(Cc1ccccc1)n1c(N)cc(=O)[nH]c1=O. The van der Waals surface area contributed by atoms with Gasteiger partial charge in [0.2, 0.25) is 0 Å². The Kier molecular flexibility index (Phi) is 3.32. The van der Waals surface area contributed by atoms with Gasteiger partial charge >= 0.3 is 5.69 Å². The molecule has 1 atom stereocenters. The van der Waals surface area contributed by atoms with Gasteiger partial charge in [0.15, 0.2) is 0 Å². The maximum atomic E-state index is 11.7. The van der Waals surface area contributed by atoms with Gasteiger partial charge in [-0.05, 0) is 18.9 Å². The average molecular weight is 245 g/mol. The molecule has 0 radical (unpaired) electrons. The van der Waals surface area contributed by atoms with E-state index in [4.69, 9.17) is 5.73 Å². The fraction of sp³-hybridized carbons (Fsp3) is 0.231. The van der Waals surface area contributed by atoms with Crippen molar-refractivity contribution in [3.63, 3.8) is 0 Å². The summed E-state index contributed by atoms with van der Waals surface area (Å²) in [5.41, 5.74) is 5.89. The lowest BCUT2D eigenvalue weighted by Gasteiger charge is -2.16. The quantitative estimate of drug-likeness (QED) is 0.843. The molecule has 0 aliphatic rings. The van der Waals surface area contributed by atoms with E-state index in [2.05, 4.69) is 4.98 Å². The smallest absolute Gasteiger partial charge is 0.330 e. The van der Waals surface area contributed by atoms with E-state index in [1.807, 2.05) is 37.3 Å². The Labute approximate surface area is 104 Å². The van der Waals surface area contributed by atoms with Crippen molar-refractivity contribution in [2.45, 2.75) is 19.4 Å². The molecule has 1 aromatic carbocycles. The van der Waals surface area contributed by atoms with Crippen LogP contribution >= 0.6 is 0 Å². The number of hydrogen-bond donors (Lipinski definition) is 2. The highest BCUT2D eigenvalue weighted by Crippen LogP contribution is 2.13. The molecule has 94 valence electrons. The monoisotopic (exact) mass is 245 g/mol. The second-order valence-corrected chi connectivity index (χ2v) is 4.27. The second-order valence-electron chi connectivity index (χ2n) is 4.27. The third-order valence-electron chi connectivity index (χ3n) is 2.82. The first kappa shape index (κ1) is 12.2. The van der Waals surface area contributed by atoms with Crippen molar-refractivity contribution in [3.8, 4) is 0 Å². The molecule has 1 heterocycles. The highest BCUT2D eigenvalue weighted by atomic mass is 16.2. The molecule has 2 aromatic rings. The summed E-state index contributed by atoms with van der Waals surface area (Å²) in [6.45, 7) is 1.89. The van der Waals surface area contributed by atoms with Crippen LogP contribution in [-0.4, -0.2) is 9.55 Å². The summed E-state index contributed by atoms with van der Waals surface area (Å²) in [5, 5.41) is 0. The summed E-state index contributed by atoms with van der Waals surface area (Å²) in [6, 6.07) is 10.9. The number of nitrogens with one attached hydrogen (secondary N) is 1. The summed E-state index contributed by atoms with van der Waals surface area (Å²) < 4.78 is 1.40. The molecule has 0 saturated heterocycles. The molecule has 1 unspecified atom stereocenters. The van der Waals surface area contributed by atoms with Crippen LogP contribution in [0.1, 0.15) is 18.5 Å². The van der Waals surface area contributed by atoms with Gasteiger partial charge in [0.25, 0.3) is 5.56 Å². The Morgan fingerprint density at radius 2 is 1.94 bits per heavy atom. The van der Waals surface area contributed by atoms with Crippen molar-refractivity contribution < 1.29 is 0 Å². The Balaban J connectivity index is 2.33. The van der Waals surface area contributed by atoms with Crippen LogP contribution in [0, 0.1) is 0 Å². The molecule has 0 saturated carbocycles. The third kappa shape index (κ3) is 2.51. The molecule has 0 bridgehead atoms. The van der Waals surface area contributed by atoms with Crippen LogP contribution in [0.5, 0.6) is 0 Å². The minimum absolute atomic E-state index is 0.114. The molecule has 0 fully saturated rings. The normalized spacial score (nSPS) is 12.3. The van der Waals surface area contributed by atoms with E-state index >= 15 is 0 Å². The van der Waals surface area contributed by atoms with Gasteiger partial charge in [-0.15, -0.1) is 0 Å². The molecule has 1 aromatic heterocycles. The molecule has 0 aliphatic heterocycles. The molecule has 0 aliphatic carbocycles. The number of anilines is 1. The zero-order valence-electron chi connectivity index (χ0n) is 10.1. The van der Waals surface area contributed by atoms with Gasteiger partial charge in [0.05, 0.1) is 0 Å². The predicted octanol–water partition coefficient (Wildman–Crippen LogP) is 0.923. The van der Waals surface area contributed by atoms with Gasteiger partial charge in [0, 0.05) is 12.1 Å². The summed E-state index contributed by atoms with van der Waals surface area (Å²) >= 11 is 0. The topological polar surface area (TPSA) is 80.9 Å². The molecule has 0 amide bonds. The lowest BCUT2D eigenvalue weighted by Crippen LogP contribution is -2.33. The zero-order chi connectivity index (χ0) is 13.1. The van der Waals surface area contributed by atoms with Gasteiger partial charge in [-0.3, -0.25) is 14.3 Å². The maximum absolute atomic E-state index is 11.7. The first-order valence-corrected chi connectivity index (χ1v) is 5.73. The van der Waals surface area contributed by atoms with Crippen LogP contribution in [-0.2, 0) is 6.42 Å². The van der Waals surface area contributed by atoms with Crippen LogP contribution in [0.2, 0.25) is 0 Å². The number of H-pyrrole nitrogens is 1. The minimum Gasteiger partial charge on any atom is -0.385 e. The molecular weight excluding hydrogens is 230 g/mol. The van der Waals surface area contributed by atoms with E-state index in [9.17, 15) is 9.59 Å². The summed E-state index contributed by atoms with van der Waals surface area (Å²) in [7, 11) is 0. The molecule has 5 heteroatoms. The molecule has 18 heavy (non-hydrogen) atoms. The molecule has 3 N–H and O–H groups in total. The standard InChI is InChI=1S/C13H15N3O2/c1-9(7-10-5-3-2-4-6-10)16-11(14)8-12(17)15-13(16)18/h2-6,8-9H,7,14H2,1H3,(H,15,17,18). The largest absolute Gasteiger partial charge is 0.385 e. The van der Waals surface area contributed by atoms with Crippen LogP contribution in [0.25, 0.3) is 0 Å². The van der Waals surface area contributed by atoms with Crippen molar-refractivity contribution in [2.24, 2.45) is 0 Å². The number of nitrogens with zero attached hydrogens (tertiary/aromatic N) is 1. The molecule has 0 spiro atoms. The number of rotatable bonds is 3. The first-order valence-electron chi connectivity index (χ1n) is 5.73. The van der Waals surface area contributed by atoms with Crippen LogP contribution in [0.4, 0.5) is 5.82 Å². The van der Waals surface area contributed by atoms with Gasteiger partial charge in [-0.2, -0.15) is 0 Å². The fourth-order valence-electron chi connectivity index (χ4n) is 2.02. The Morgan fingerprint density at radius 3 is 2.56 bits per heavy atom.